The molecule has 0 aliphatic carbocycles. The number of amidine groups is 1. The third-order valence-corrected chi connectivity index (χ3v) is 3.72. The van der Waals surface area contributed by atoms with Gasteiger partial charge in [0, 0.05) is 12.1 Å². The van der Waals surface area contributed by atoms with Crippen LogP contribution in [0.25, 0.3) is 0 Å². The van der Waals surface area contributed by atoms with Crippen LogP contribution in [0.4, 0.5) is 5.69 Å². The lowest BCUT2D eigenvalue weighted by molar-refractivity contribution is 1.33. The number of thioether (sulfide) groups is 1. The van der Waals surface area contributed by atoms with Gasteiger partial charge in [-0.05, 0) is 23.4 Å². The molecule has 0 atom stereocenters. The van der Waals surface area contributed by atoms with Gasteiger partial charge in [0.25, 0.3) is 0 Å². The molecule has 0 aromatic heterocycles. The number of nitrogens with one attached hydrogen (secondary N) is 1. The summed E-state index contributed by atoms with van der Waals surface area (Å²) in [6.07, 6.45) is 0.695. The zero-order valence-corrected chi connectivity index (χ0v) is 13.6. The van der Waals surface area contributed by atoms with Crippen LogP contribution in [-0.2, 0) is 6.42 Å². The monoisotopic (exact) mass is 314 g/mol. The number of hydrogen-bond acceptors (Lipinski definition) is 2. The first-order valence-electron chi connectivity index (χ1n) is 6.88. The summed E-state index contributed by atoms with van der Waals surface area (Å²) < 4.78 is 0. The molecule has 21 heavy (non-hydrogen) atoms. The third kappa shape index (κ3) is 5.69. The highest BCUT2D eigenvalue weighted by atomic mass is 32.2. The van der Waals surface area contributed by atoms with Crippen molar-refractivity contribution >= 4 is 39.8 Å². The quantitative estimate of drug-likeness (QED) is 0.499. The minimum atomic E-state index is 0.695. The predicted octanol–water partition coefficient (Wildman–Crippen LogP) is 4.78. The zero-order valence-electron chi connectivity index (χ0n) is 12.0. The van der Waals surface area contributed by atoms with Crippen LogP contribution in [0.2, 0.25) is 0 Å². The summed E-state index contributed by atoms with van der Waals surface area (Å²) in [5.41, 5.74) is 2.21. The van der Waals surface area contributed by atoms with Crippen LogP contribution in [0.5, 0.6) is 0 Å². The lowest BCUT2D eigenvalue weighted by Gasteiger charge is -2.09. The fraction of sp³-hybridized carbons (Fsp3) is 0.176. The Bertz CT molecular complexity index is 595. The van der Waals surface area contributed by atoms with E-state index in [0.717, 1.165) is 16.6 Å². The van der Waals surface area contributed by atoms with Crippen molar-refractivity contribution in [1.82, 2.24) is 0 Å². The van der Waals surface area contributed by atoms with E-state index in [4.69, 9.17) is 12.2 Å². The van der Waals surface area contributed by atoms with E-state index in [2.05, 4.69) is 29.4 Å². The highest BCUT2D eigenvalue weighted by Crippen LogP contribution is 2.12. The number of aliphatic imine (C=N–C) groups is 1. The second-order valence-electron chi connectivity index (χ2n) is 4.40. The molecule has 0 spiro atoms. The van der Waals surface area contributed by atoms with Gasteiger partial charge >= 0.3 is 0 Å². The van der Waals surface area contributed by atoms with E-state index in [1.165, 1.54) is 5.56 Å². The van der Waals surface area contributed by atoms with Gasteiger partial charge in [0.1, 0.15) is 4.99 Å². The summed E-state index contributed by atoms with van der Waals surface area (Å²) in [6, 6.07) is 20.2. The normalized spacial score (nSPS) is 11.2. The van der Waals surface area contributed by atoms with Crippen molar-refractivity contribution in [3.8, 4) is 0 Å². The van der Waals surface area contributed by atoms with Gasteiger partial charge in [-0.3, -0.25) is 0 Å². The molecular formula is C17H18N2S2. The fourth-order valence-electron chi connectivity index (χ4n) is 1.80. The van der Waals surface area contributed by atoms with Crippen molar-refractivity contribution < 1.29 is 0 Å². The van der Waals surface area contributed by atoms with Crippen LogP contribution in [0, 0.1) is 0 Å². The molecule has 4 heteroatoms. The van der Waals surface area contributed by atoms with Gasteiger partial charge in [0.15, 0.2) is 5.17 Å². The van der Waals surface area contributed by atoms with E-state index in [9.17, 15) is 0 Å². The molecule has 108 valence electrons. The van der Waals surface area contributed by atoms with Crippen LogP contribution in [0.1, 0.15) is 12.5 Å². The Balaban J connectivity index is 2.04. The summed E-state index contributed by atoms with van der Waals surface area (Å²) in [5.74, 6) is 0.951. The van der Waals surface area contributed by atoms with E-state index in [1.54, 1.807) is 11.8 Å². The molecule has 0 heterocycles. The van der Waals surface area contributed by atoms with Crippen molar-refractivity contribution in [3.05, 3.63) is 66.2 Å². The minimum absolute atomic E-state index is 0.695. The number of thiocarbonyl (C=S) groups is 1. The zero-order chi connectivity index (χ0) is 14.9. The molecule has 0 aliphatic rings. The first kappa shape index (κ1) is 15.7. The molecule has 2 rings (SSSR count). The molecule has 0 radical (unpaired) electrons. The van der Waals surface area contributed by atoms with Crippen molar-refractivity contribution in [2.75, 3.05) is 11.1 Å². The Morgan fingerprint density at radius 1 is 1.05 bits per heavy atom. The van der Waals surface area contributed by atoms with Gasteiger partial charge < -0.3 is 5.32 Å². The maximum Gasteiger partial charge on any atom is 0.166 e. The summed E-state index contributed by atoms with van der Waals surface area (Å²) in [4.78, 5) is 5.25. The molecule has 2 nitrogen and oxygen atoms in total. The lowest BCUT2D eigenvalue weighted by atomic mass is 10.2. The Morgan fingerprint density at radius 2 is 1.67 bits per heavy atom. The van der Waals surface area contributed by atoms with Crippen LogP contribution in [0.15, 0.2) is 65.7 Å². The molecule has 0 fully saturated rings. The number of rotatable bonds is 4. The first-order valence-corrected chi connectivity index (χ1v) is 8.27. The molecule has 2 aromatic rings. The Morgan fingerprint density at radius 3 is 2.29 bits per heavy atom. The number of para-hydroxylation sites is 1. The smallest absolute Gasteiger partial charge is 0.166 e. The summed E-state index contributed by atoms with van der Waals surface area (Å²) in [5, 5.41) is 4.17. The van der Waals surface area contributed by atoms with E-state index < -0.39 is 0 Å². The second-order valence-corrected chi connectivity index (χ2v) is 6.12. The maximum absolute atomic E-state index is 5.40. The van der Waals surface area contributed by atoms with Crippen LogP contribution in [-0.4, -0.2) is 15.9 Å². The molecule has 0 saturated heterocycles. The topological polar surface area (TPSA) is 24.4 Å². The van der Waals surface area contributed by atoms with Crippen molar-refractivity contribution in [2.45, 2.75) is 13.3 Å². The molecule has 2 aromatic carbocycles. The first-order chi connectivity index (χ1) is 10.3. The lowest BCUT2D eigenvalue weighted by Crippen LogP contribution is -2.11. The summed E-state index contributed by atoms with van der Waals surface area (Å²) in [6.45, 7) is 2.10. The van der Waals surface area contributed by atoms with Gasteiger partial charge in [-0.2, -0.15) is 0 Å². The Kier molecular flexibility index (Phi) is 6.44. The van der Waals surface area contributed by atoms with Crippen molar-refractivity contribution in [2.24, 2.45) is 4.99 Å². The van der Waals surface area contributed by atoms with Crippen molar-refractivity contribution in [1.29, 1.82) is 0 Å². The van der Waals surface area contributed by atoms with Gasteiger partial charge in [-0.25, -0.2) is 4.99 Å². The minimum Gasteiger partial charge on any atom is -0.335 e. The van der Waals surface area contributed by atoms with E-state index in [-0.39, 0.29) is 0 Å². The number of benzene rings is 2. The fourth-order valence-corrected chi connectivity index (χ4v) is 2.76. The van der Waals surface area contributed by atoms with Gasteiger partial charge in [0.2, 0.25) is 0 Å². The third-order valence-electron chi connectivity index (χ3n) is 2.73. The summed E-state index contributed by atoms with van der Waals surface area (Å²) >= 11 is 7.06. The standard InChI is InChI=1S/C17H18N2S2/c1-2-21-17(18-15-11-7-4-8-12-15)19-16(20)13-14-9-5-3-6-10-14/h3-12H,2,13H2,1H3,(H,18,19,20). The molecule has 1 N–H and O–H groups in total. The second kappa shape index (κ2) is 8.60. The molecular weight excluding hydrogens is 296 g/mol. The SMILES string of the molecule is CCSC(=NC(=S)Cc1ccccc1)Nc1ccccc1. The Labute approximate surface area is 135 Å². The van der Waals surface area contributed by atoms with E-state index in [0.29, 0.717) is 11.4 Å². The van der Waals surface area contributed by atoms with Gasteiger partial charge in [-0.1, -0.05) is 79.4 Å². The molecule has 0 bridgehead atoms. The Hall–Kier alpha value is -1.65. The molecule has 0 saturated carbocycles. The highest BCUT2D eigenvalue weighted by molar-refractivity contribution is 8.14. The highest BCUT2D eigenvalue weighted by Gasteiger charge is 2.03. The largest absolute Gasteiger partial charge is 0.335 e. The van der Waals surface area contributed by atoms with Crippen molar-refractivity contribution in [3.63, 3.8) is 0 Å². The number of anilines is 1. The predicted molar refractivity (Wildman–Crippen MR) is 98.4 cm³/mol. The maximum atomic E-state index is 5.40. The molecule has 0 aliphatic heterocycles. The van der Waals surface area contributed by atoms with E-state index in [1.807, 2.05) is 48.5 Å². The number of nitrogens with zero attached hydrogens (tertiary/aromatic N) is 1. The number of hydrogen-bond donors (Lipinski definition) is 1. The van der Waals surface area contributed by atoms with Crippen LogP contribution < -0.4 is 5.32 Å². The van der Waals surface area contributed by atoms with Crippen LogP contribution in [0.3, 0.4) is 0 Å². The van der Waals surface area contributed by atoms with E-state index >= 15 is 0 Å². The summed E-state index contributed by atoms with van der Waals surface area (Å²) in [7, 11) is 0. The molecule has 0 amide bonds. The van der Waals surface area contributed by atoms with Gasteiger partial charge in [-0.15, -0.1) is 0 Å². The average molecular weight is 314 g/mol. The van der Waals surface area contributed by atoms with Gasteiger partial charge in [0.05, 0.1) is 0 Å². The van der Waals surface area contributed by atoms with Crippen LogP contribution >= 0.6 is 24.0 Å². The molecule has 0 unspecified atom stereocenters. The average Bonchev–Trinajstić information content (AvgIpc) is 2.49.